The Morgan fingerprint density at radius 3 is 2.57 bits per heavy atom. The third-order valence-corrected chi connectivity index (χ3v) is 5.36. The van der Waals surface area contributed by atoms with Gasteiger partial charge in [0, 0.05) is 18.2 Å². The number of nitrogens with one attached hydrogen (secondary N) is 1. The molecule has 0 radical (unpaired) electrons. The lowest BCUT2D eigenvalue weighted by Crippen LogP contribution is -2.24. The molecule has 2 bridgehead atoms. The van der Waals surface area contributed by atoms with Crippen LogP contribution in [0.15, 0.2) is 18.3 Å². The van der Waals surface area contributed by atoms with Gasteiger partial charge in [-0.2, -0.15) is 0 Å². The standard InChI is InChI=1S/C18H23N3O2/c1-22-16-8-14-15(9-17(16)23-2)21-18(10-19-14)20-13-7-11-4-3-5-12(13)6-11/h8-13H,3-7H2,1-2H3,(H,20,21). The van der Waals surface area contributed by atoms with E-state index >= 15 is 0 Å². The van der Waals surface area contributed by atoms with Crippen molar-refractivity contribution in [3.05, 3.63) is 18.3 Å². The van der Waals surface area contributed by atoms with Crippen molar-refractivity contribution in [1.29, 1.82) is 0 Å². The number of benzene rings is 1. The van der Waals surface area contributed by atoms with E-state index in [1.54, 1.807) is 14.2 Å². The Labute approximate surface area is 136 Å². The molecule has 5 nitrogen and oxygen atoms in total. The minimum Gasteiger partial charge on any atom is -0.493 e. The number of aromatic nitrogens is 2. The molecule has 0 spiro atoms. The molecular weight excluding hydrogens is 290 g/mol. The summed E-state index contributed by atoms with van der Waals surface area (Å²) in [6, 6.07) is 4.31. The van der Waals surface area contributed by atoms with Gasteiger partial charge in [-0.25, -0.2) is 4.98 Å². The van der Waals surface area contributed by atoms with Gasteiger partial charge in [-0.05, 0) is 31.1 Å². The highest BCUT2D eigenvalue weighted by Crippen LogP contribution is 2.43. The van der Waals surface area contributed by atoms with Crippen molar-refractivity contribution < 1.29 is 9.47 Å². The summed E-state index contributed by atoms with van der Waals surface area (Å²) < 4.78 is 10.7. The molecule has 2 aliphatic rings. The third kappa shape index (κ3) is 2.69. The first kappa shape index (κ1) is 14.5. The Morgan fingerprint density at radius 2 is 1.83 bits per heavy atom. The summed E-state index contributed by atoms with van der Waals surface area (Å²) in [4.78, 5) is 9.26. The summed E-state index contributed by atoms with van der Waals surface area (Å²) in [7, 11) is 3.27. The molecule has 1 heterocycles. The summed E-state index contributed by atoms with van der Waals surface area (Å²) >= 11 is 0. The second kappa shape index (κ2) is 5.87. The predicted molar refractivity (Wildman–Crippen MR) is 90.1 cm³/mol. The van der Waals surface area contributed by atoms with Crippen molar-refractivity contribution in [1.82, 2.24) is 9.97 Å². The number of fused-ring (bicyclic) bond motifs is 3. The average molecular weight is 313 g/mol. The number of hydrogen-bond acceptors (Lipinski definition) is 5. The minimum atomic E-state index is 0.550. The van der Waals surface area contributed by atoms with Crippen molar-refractivity contribution in [2.24, 2.45) is 11.8 Å². The van der Waals surface area contributed by atoms with Crippen LogP contribution in [0.1, 0.15) is 32.1 Å². The van der Waals surface area contributed by atoms with Crippen LogP contribution in [0.5, 0.6) is 11.5 Å². The Kier molecular flexibility index (Phi) is 3.71. The van der Waals surface area contributed by atoms with E-state index in [0.29, 0.717) is 17.5 Å². The van der Waals surface area contributed by atoms with Gasteiger partial charge in [-0.1, -0.05) is 12.8 Å². The summed E-state index contributed by atoms with van der Waals surface area (Å²) in [6.45, 7) is 0. The number of anilines is 1. The molecule has 5 heteroatoms. The number of nitrogens with zero attached hydrogens (tertiary/aromatic N) is 2. The molecule has 23 heavy (non-hydrogen) atoms. The quantitative estimate of drug-likeness (QED) is 0.934. The number of ether oxygens (including phenoxy) is 2. The van der Waals surface area contributed by atoms with Gasteiger partial charge >= 0.3 is 0 Å². The van der Waals surface area contributed by atoms with Crippen LogP contribution < -0.4 is 14.8 Å². The van der Waals surface area contributed by atoms with E-state index in [9.17, 15) is 0 Å². The van der Waals surface area contributed by atoms with E-state index < -0.39 is 0 Å². The fourth-order valence-electron chi connectivity index (χ4n) is 4.24. The van der Waals surface area contributed by atoms with E-state index in [4.69, 9.17) is 14.5 Å². The van der Waals surface area contributed by atoms with E-state index in [0.717, 1.165) is 28.7 Å². The van der Waals surface area contributed by atoms with Crippen LogP contribution in [0, 0.1) is 11.8 Å². The molecule has 122 valence electrons. The molecule has 1 N–H and O–H groups in total. The number of rotatable bonds is 4. The molecule has 3 atom stereocenters. The van der Waals surface area contributed by atoms with Gasteiger partial charge in [0.2, 0.25) is 0 Å². The highest BCUT2D eigenvalue weighted by Gasteiger charge is 2.36. The second-order valence-electron chi connectivity index (χ2n) is 6.73. The van der Waals surface area contributed by atoms with Gasteiger partial charge in [-0.15, -0.1) is 0 Å². The maximum absolute atomic E-state index is 5.36. The molecule has 2 saturated carbocycles. The highest BCUT2D eigenvalue weighted by atomic mass is 16.5. The predicted octanol–water partition coefficient (Wildman–Crippen LogP) is 3.64. The number of hydrogen-bond donors (Lipinski definition) is 1. The molecule has 2 aromatic rings. The van der Waals surface area contributed by atoms with Crippen LogP contribution >= 0.6 is 0 Å². The maximum atomic E-state index is 5.36. The third-order valence-electron chi connectivity index (χ3n) is 5.36. The lowest BCUT2D eigenvalue weighted by molar-refractivity contribution is 0.354. The van der Waals surface area contributed by atoms with Crippen LogP contribution in [-0.2, 0) is 0 Å². The van der Waals surface area contributed by atoms with Gasteiger partial charge in [0.1, 0.15) is 5.82 Å². The first-order valence-corrected chi connectivity index (χ1v) is 8.42. The first-order valence-electron chi connectivity index (χ1n) is 8.42. The van der Waals surface area contributed by atoms with Gasteiger partial charge in [0.15, 0.2) is 11.5 Å². The Balaban J connectivity index is 1.61. The largest absolute Gasteiger partial charge is 0.493 e. The van der Waals surface area contributed by atoms with E-state index in [-0.39, 0.29) is 0 Å². The monoisotopic (exact) mass is 313 g/mol. The highest BCUT2D eigenvalue weighted by molar-refractivity contribution is 5.80. The molecule has 2 aliphatic carbocycles. The smallest absolute Gasteiger partial charge is 0.163 e. The molecule has 3 unspecified atom stereocenters. The molecule has 0 aliphatic heterocycles. The molecule has 1 aromatic heterocycles. The molecule has 0 amide bonds. The van der Waals surface area contributed by atoms with Gasteiger partial charge in [0.05, 0.1) is 31.4 Å². The maximum Gasteiger partial charge on any atom is 0.163 e. The second-order valence-corrected chi connectivity index (χ2v) is 6.73. The van der Waals surface area contributed by atoms with Crippen molar-refractivity contribution in [3.8, 4) is 11.5 Å². The molecular formula is C18H23N3O2. The van der Waals surface area contributed by atoms with Crippen LogP contribution in [0.3, 0.4) is 0 Å². The number of methoxy groups -OCH3 is 2. The van der Waals surface area contributed by atoms with Gasteiger partial charge in [-0.3, -0.25) is 4.98 Å². The van der Waals surface area contributed by atoms with Crippen LogP contribution in [0.2, 0.25) is 0 Å². The molecule has 0 saturated heterocycles. The molecule has 2 fully saturated rings. The average Bonchev–Trinajstić information content (AvgIpc) is 2.86. The normalized spacial score (nSPS) is 26.3. The fourth-order valence-corrected chi connectivity index (χ4v) is 4.24. The van der Waals surface area contributed by atoms with Gasteiger partial charge < -0.3 is 14.8 Å². The lowest BCUT2D eigenvalue weighted by atomic mass is 9.89. The Morgan fingerprint density at radius 1 is 1.04 bits per heavy atom. The zero-order chi connectivity index (χ0) is 15.8. The zero-order valence-corrected chi connectivity index (χ0v) is 13.7. The Hall–Kier alpha value is -2.04. The lowest BCUT2D eigenvalue weighted by Gasteiger charge is -2.22. The van der Waals surface area contributed by atoms with Gasteiger partial charge in [0.25, 0.3) is 0 Å². The van der Waals surface area contributed by atoms with E-state index in [2.05, 4.69) is 10.3 Å². The van der Waals surface area contributed by atoms with E-state index in [1.165, 1.54) is 32.1 Å². The van der Waals surface area contributed by atoms with E-state index in [1.807, 2.05) is 18.3 Å². The van der Waals surface area contributed by atoms with Crippen molar-refractivity contribution in [2.45, 2.75) is 38.1 Å². The van der Waals surface area contributed by atoms with Crippen LogP contribution in [0.25, 0.3) is 11.0 Å². The summed E-state index contributed by atoms with van der Waals surface area (Å²) in [5.41, 5.74) is 1.65. The van der Waals surface area contributed by atoms with Crippen molar-refractivity contribution in [3.63, 3.8) is 0 Å². The van der Waals surface area contributed by atoms with Crippen LogP contribution in [-0.4, -0.2) is 30.2 Å². The van der Waals surface area contributed by atoms with Crippen LogP contribution in [0.4, 0.5) is 5.82 Å². The molecule has 4 rings (SSSR count). The minimum absolute atomic E-state index is 0.550. The van der Waals surface area contributed by atoms with Crippen molar-refractivity contribution in [2.75, 3.05) is 19.5 Å². The topological polar surface area (TPSA) is 56.3 Å². The zero-order valence-electron chi connectivity index (χ0n) is 13.7. The fraction of sp³-hybridized carbons (Fsp3) is 0.556. The first-order chi connectivity index (χ1) is 11.3. The molecule has 1 aromatic carbocycles. The summed E-state index contributed by atoms with van der Waals surface area (Å²) in [5, 5.41) is 3.62. The SMILES string of the molecule is COc1cc2ncc(NC3CC4CCCC3C4)nc2cc1OC. The summed E-state index contributed by atoms with van der Waals surface area (Å²) in [6.07, 6.45) is 8.61. The van der Waals surface area contributed by atoms with Crippen molar-refractivity contribution >= 4 is 16.9 Å². The summed E-state index contributed by atoms with van der Waals surface area (Å²) in [5.74, 6) is 3.94. The Bertz CT molecular complexity index is 719.